The Labute approximate surface area is 87.4 Å². The third kappa shape index (κ3) is 3.76. The number of hydrogen-bond donors (Lipinski definition) is 3. The molecule has 0 amide bonds. The molecule has 5 heteroatoms. The van der Waals surface area contributed by atoms with E-state index >= 15 is 0 Å². The zero-order valence-corrected chi connectivity index (χ0v) is 8.92. The Morgan fingerprint density at radius 3 is 3.14 bits per heavy atom. The van der Waals surface area contributed by atoms with Crippen molar-refractivity contribution in [1.29, 1.82) is 0 Å². The molecular weight excluding hydrogens is 198 g/mol. The third-order valence-corrected chi connectivity index (χ3v) is 2.61. The van der Waals surface area contributed by atoms with Gasteiger partial charge in [-0.05, 0) is 29.3 Å². The fraction of sp³-hybridized carbons (Fsp3) is 0.444. The molecule has 4 nitrogen and oxygen atoms in total. The summed E-state index contributed by atoms with van der Waals surface area (Å²) in [5, 5.41) is 18.7. The minimum Gasteiger partial charge on any atom is -0.409 e. The van der Waals surface area contributed by atoms with Crippen molar-refractivity contribution in [3.8, 4) is 0 Å². The Morgan fingerprint density at radius 2 is 2.57 bits per heavy atom. The number of hydrogen-bond acceptors (Lipinski definition) is 4. The molecule has 1 aromatic rings. The van der Waals surface area contributed by atoms with Crippen LogP contribution in [0.4, 0.5) is 0 Å². The van der Waals surface area contributed by atoms with E-state index < -0.39 is 0 Å². The number of rotatable bonds is 5. The number of nitrogens with zero attached hydrogens (tertiary/aromatic N) is 1. The molecule has 14 heavy (non-hydrogen) atoms. The smallest absolute Gasteiger partial charge is 0.140 e. The lowest BCUT2D eigenvalue weighted by Crippen LogP contribution is -2.30. The van der Waals surface area contributed by atoms with Crippen molar-refractivity contribution in [2.24, 2.45) is 10.9 Å². The lowest BCUT2D eigenvalue weighted by Gasteiger charge is -2.11. The second-order valence-electron chi connectivity index (χ2n) is 3.21. The topological polar surface area (TPSA) is 70.6 Å². The van der Waals surface area contributed by atoms with E-state index in [9.17, 15) is 0 Å². The van der Waals surface area contributed by atoms with Crippen molar-refractivity contribution in [3.63, 3.8) is 0 Å². The molecule has 0 radical (unpaired) electrons. The van der Waals surface area contributed by atoms with E-state index in [2.05, 4.69) is 21.9 Å². The van der Waals surface area contributed by atoms with Crippen LogP contribution in [0.2, 0.25) is 0 Å². The molecule has 1 rings (SSSR count). The maximum absolute atomic E-state index is 8.37. The Bertz CT molecular complexity index is 284. The maximum atomic E-state index is 8.37. The van der Waals surface area contributed by atoms with E-state index in [0.29, 0.717) is 6.42 Å². The minimum atomic E-state index is 0.214. The Kier molecular flexibility index (Phi) is 4.42. The maximum Gasteiger partial charge on any atom is 0.140 e. The van der Waals surface area contributed by atoms with Crippen LogP contribution in [0.15, 0.2) is 22.0 Å². The molecule has 1 unspecified atom stereocenters. The van der Waals surface area contributed by atoms with Crippen LogP contribution in [0.5, 0.6) is 0 Å². The Morgan fingerprint density at radius 1 is 1.79 bits per heavy atom. The largest absolute Gasteiger partial charge is 0.409 e. The average molecular weight is 213 g/mol. The molecule has 4 N–H and O–H groups in total. The molecule has 0 saturated heterocycles. The summed E-state index contributed by atoms with van der Waals surface area (Å²) in [6.45, 7) is 2.83. The SMILES string of the molecule is CC(CC(N)=NO)NCc1ccsc1. The van der Waals surface area contributed by atoms with E-state index in [-0.39, 0.29) is 11.9 Å². The zero-order valence-electron chi connectivity index (χ0n) is 8.10. The van der Waals surface area contributed by atoms with Crippen molar-refractivity contribution in [3.05, 3.63) is 22.4 Å². The number of oxime groups is 1. The van der Waals surface area contributed by atoms with Gasteiger partial charge in [0.25, 0.3) is 0 Å². The first-order valence-corrected chi connectivity index (χ1v) is 5.37. The number of amidine groups is 1. The van der Waals surface area contributed by atoms with Gasteiger partial charge in [-0.3, -0.25) is 0 Å². The highest BCUT2D eigenvalue weighted by atomic mass is 32.1. The van der Waals surface area contributed by atoms with Crippen molar-refractivity contribution < 1.29 is 5.21 Å². The molecule has 0 saturated carbocycles. The van der Waals surface area contributed by atoms with Gasteiger partial charge < -0.3 is 16.3 Å². The number of thiophene rings is 1. The van der Waals surface area contributed by atoms with Gasteiger partial charge in [0.1, 0.15) is 5.84 Å². The zero-order chi connectivity index (χ0) is 10.4. The predicted molar refractivity (Wildman–Crippen MR) is 58.6 cm³/mol. The van der Waals surface area contributed by atoms with Gasteiger partial charge in [0, 0.05) is 19.0 Å². The first-order valence-electron chi connectivity index (χ1n) is 4.43. The first-order chi connectivity index (χ1) is 6.72. The Hall–Kier alpha value is -1.07. The van der Waals surface area contributed by atoms with E-state index in [1.807, 2.05) is 12.3 Å². The van der Waals surface area contributed by atoms with Crippen LogP contribution in [0, 0.1) is 0 Å². The Balaban J connectivity index is 2.25. The van der Waals surface area contributed by atoms with Gasteiger partial charge in [0.2, 0.25) is 0 Å². The fourth-order valence-electron chi connectivity index (χ4n) is 1.11. The monoisotopic (exact) mass is 213 g/mol. The van der Waals surface area contributed by atoms with Crippen LogP contribution >= 0.6 is 11.3 Å². The third-order valence-electron chi connectivity index (χ3n) is 1.88. The van der Waals surface area contributed by atoms with Crippen LogP contribution in [0.25, 0.3) is 0 Å². The quantitative estimate of drug-likeness (QED) is 0.299. The highest BCUT2D eigenvalue weighted by Crippen LogP contribution is 2.05. The highest BCUT2D eigenvalue weighted by molar-refractivity contribution is 7.07. The normalized spacial score (nSPS) is 14.2. The van der Waals surface area contributed by atoms with Crippen LogP contribution in [-0.4, -0.2) is 17.1 Å². The summed E-state index contributed by atoms with van der Waals surface area (Å²) >= 11 is 1.68. The van der Waals surface area contributed by atoms with Crippen molar-refractivity contribution >= 4 is 17.2 Å². The van der Waals surface area contributed by atoms with E-state index in [1.165, 1.54) is 5.56 Å². The lowest BCUT2D eigenvalue weighted by atomic mass is 10.2. The van der Waals surface area contributed by atoms with Crippen LogP contribution in [-0.2, 0) is 6.54 Å². The molecule has 1 atom stereocenters. The van der Waals surface area contributed by atoms with E-state index in [0.717, 1.165) is 6.54 Å². The molecule has 1 heterocycles. The predicted octanol–water partition coefficient (Wildman–Crippen LogP) is 1.36. The summed E-state index contributed by atoms with van der Waals surface area (Å²) < 4.78 is 0. The number of nitrogens with one attached hydrogen (secondary N) is 1. The van der Waals surface area contributed by atoms with Gasteiger partial charge in [-0.15, -0.1) is 0 Å². The van der Waals surface area contributed by atoms with Gasteiger partial charge >= 0.3 is 0 Å². The standard InChI is InChI=1S/C9H15N3OS/c1-7(4-9(10)12-13)11-5-8-2-3-14-6-8/h2-3,6-7,11,13H,4-5H2,1H3,(H2,10,12). The average Bonchev–Trinajstić information content (AvgIpc) is 2.67. The molecule has 0 bridgehead atoms. The molecule has 1 aromatic heterocycles. The van der Waals surface area contributed by atoms with Crippen LogP contribution < -0.4 is 11.1 Å². The van der Waals surface area contributed by atoms with E-state index in [4.69, 9.17) is 10.9 Å². The second kappa shape index (κ2) is 5.62. The van der Waals surface area contributed by atoms with Gasteiger partial charge in [0.05, 0.1) is 0 Å². The summed E-state index contributed by atoms with van der Waals surface area (Å²) in [6.07, 6.45) is 0.556. The summed E-state index contributed by atoms with van der Waals surface area (Å²) in [4.78, 5) is 0. The number of nitrogens with two attached hydrogens (primary N) is 1. The molecule has 0 aromatic carbocycles. The summed E-state index contributed by atoms with van der Waals surface area (Å²) in [7, 11) is 0. The van der Waals surface area contributed by atoms with Gasteiger partial charge in [0.15, 0.2) is 0 Å². The summed E-state index contributed by atoms with van der Waals surface area (Å²) in [5.41, 5.74) is 6.65. The summed E-state index contributed by atoms with van der Waals surface area (Å²) in [5.74, 6) is 0.260. The van der Waals surface area contributed by atoms with Crippen molar-refractivity contribution in [2.45, 2.75) is 25.9 Å². The molecule has 0 aliphatic heterocycles. The highest BCUT2D eigenvalue weighted by Gasteiger charge is 2.04. The van der Waals surface area contributed by atoms with Crippen molar-refractivity contribution in [1.82, 2.24) is 5.32 Å². The van der Waals surface area contributed by atoms with Crippen LogP contribution in [0.1, 0.15) is 18.9 Å². The molecule has 78 valence electrons. The van der Waals surface area contributed by atoms with Gasteiger partial charge in [-0.2, -0.15) is 11.3 Å². The molecule has 0 fully saturated rings. The first kappa shape index (κ1) is 11.0. The molecule has 0 spiro atoms. The fourth-order valence-corrected chi connectivity index (χ4v) is 1.78. The van der Waals surface area contributed by atoms with Crippen LogP contribution in [0.3, 0.4) is 0 Å². The van der Waals surface area contributed by atoms with E-state index in [1.54, 1.807) is 11.3 Å². The second-order valence-corrected chi connectivity index (χ2v) is 3.99. The summed E-state index contributed by atoms with van der Waals surface area (Å²) in [6, 6.07) is 2.29. The van der Waals surface area contributed by atoms with Gasteiger partial charge in [-0.25, -0.2) is 0 Å². The molecular formula is C9H15N3OS. The molecule has 0 aliphatic rings. The molecule has 0 aliphatic carbocycles. The van der Waals surface area contributed by atoms with Gasteiger partial charge in [-0.1, -0.05) is 5.16 Å². The lowest BCUT2D eigenvalue weighted by molar-refractivity contribution is 0.316. The van der Waals surface area contributed by atoms with Crippen molar-refractivity contribution in [2.75, 3.05) is 0 Å². The minimum absolute atomic E-state index is 0.214.